The van der Waals surface area contributed by atoms with Crippen molar-refractivity contribution in [1.82, 2.24) is 0 Å². The van der Waals surface area contributed by atoms with Crippen LogP contribution in [0.25, 0.3) is 21.5 Å². The first-order valence-corrected chi connectivity index (χ1v) is 13.8. The average Bonchev–Trinajstić information content (AvgIpc) is 3.48. The van der Waals surface area contributed by atoms with Gasteiger partial charge in [0.15, 0.2) is 12.1 Å². The number of benzene rings is 4. The Labute approximate surface area is 223 Å². The van der Waals surface area contributed by atoms with Crippen molar-refractivity contribution in [3.05, 3.63) is 94.5 Å². The Morgan fingerprint density at radius 3 is 2.37 bits per heavy atom. The molecule has 0 aromatic heterocycles. The van der Waals surface area contributed by atoms with Crippen LogP contribution in [0.4, 0.5) is 0 Å². The predicted molar refractivity (Wildman–Crippen MR) is 153 cm³/mol. The topological polar surface area (TPSA) is 44.8 Å². The lowest BCUT2D eigenvalue weighted by Gasteiger charge is -2.31. The van der Waals surface area contributed by atoms with E-state index in [0.717, 1.165) is 0 Å². The highest BCUT2D eigenvalue weighted by atomic mass is 16.6. The molecule has 5 unspecified atom stereocenters. The molecule has 0 bridgehead atoms. The van der Waals surface area contributed by atoms with Crippen molar-refractivity contribution in [1.29, 1.82) is 0 Å². The van der Waals surface area contributed by atoms with E-state index in [9.17, 15) is 5.11 Å². The van der Waals surface area contributed by atoms with Gasteiger partial charge in [-0.1, -0.05) is 99.4 Å². The van der Waals surface area contributed by atoms with Crippen molar-refractivity contribution < 1.29 is 14.4 Å². The molecule has 2 aliphatic carbocycles. The summed E-state index contributed by atoms with van der Waals surface area (Å²) < 4.78 is 8.10. The van der Waals surface area contributed by atoms with Crippen LogP contribution in [0.15, 0.2) is 71.7 Å². The van der Waals surface area contributed by atoms with Crippen LogP contribution in [0.3, 0.4) is 0 Å². The smallest absolute Gasteiger partial charge is 0.281 e. The molecule has 4 nitrogen and oxygen atoms in total. The molecule has 4 heteroatoms. The number of methoxy groups -OCH3 is 1. The minimum atomic E-state index is -1.23. The predicted octanol–water partition coefficient (Wildman–Crippen LogP) is 6.22. The fourth-order valence-electron chi connectivity index (χ4n) is 8.21. The maximum absolute atomic E-state index is 11.7. The lowest BCUT2D eigenvalue weighted by Crippen LogP contribution is -2.44. The highest BCUT2D eigenvalue weighted by Crippen LogP contribution is 2.61. The van der Waals surface area contributed by atoms with Gasteiger partial charge in [-0.2, -0.15) is 0 Å². The Kier molecular flexibility index (Phi) is 4.28. The standard InChI is InChI=1S/C34H33N2O2/c1-18(2)24-16-25-26(22-13-9-8-12-21(22)24)30-27-23-15-14-19-10-6-7-11-20(19)28(23)33(3,4)31(27)35-17-36(30)32-29(25)34(32,37)38-5/h6-18,27,29,31-32,37H,1-5H3/q+1. The molecular weight excluding hydrogens is 468 g/mol. The minimum Gasteiger partial charge on any atom is -0.362 e. The Morgan fingerprint density at radius 1 is 0.921 bits per heavy atom. The van der Waals surface area contributed by atoms with Crippen LogP contribution in [-0.4, -0.2) is 46.7 Å². The molecule has 0 radical (unpaired) electrons. The normalized spacial score (nSPS) is 29.8. The molecule has 38 heavy (non-hydrogen) atoms. The van der Waals surface area contributed by atoms with E-state index in [2.05, 4.69) is 99.0 Å². The number of hydrogen-bond donors (Lipinski definition) is 1. The van der Waals surface area contributed by atoms with Crippen LogP contribution in [0.1, 0.15) is 73.3 Å². The Hall–Kier alpha value is -3.34. The van der Waals surface area contributed by atoms with E-state index >= 15 is 0 Å². The first-order chi connectivity index (χ1) is 18.3. The van der Waals surface area contributed by atoms with Crippen LogP contribution < -0.4 is 0 Å². The SMILES string of the molecule is COC1(O)C2c3cc(C(C)C)c4ccccc4c3C3=[N+](C=NC4C3c3ccc5ccccc5c3C4(C)C)C21. The number of nitrogens with zero attached hydrogens (tertiary/aromatic N) is 2. The Balaban J connectivity index is 1.49. The van der Waals surface area contributed by atoms with Crippen molar-refractivity contribution in [3.63, 3.8) is 0 Å². The summed E-state index contributed by atoms with van der Waals surface area (Å²) in [5.41, 5.74) is 7.70. The summed E-state index contributed by atoms with van der Waals surface area (Å²) in [7, 11) is 1.63. The molecule has 4 aromatic rings. The molecule has 5 atom stereocenters. The van der Waals surface area contributed by atoms with Gasteiger partial charge in [0.1, 0.15) is 5.71 Å². The van der Waals surface area contributed by atoms with Crippen LogP contribution >= 0.6 is 0 Å². The van der Waals surface area contributed by atoms with E-state index in [1.165, 1.54) is 55.1 Å². The molecule has 190 valence electrons. The van der Waals surface area contributed by atoms with E-state index in [4.69, 9.17) is 9.73 Å². The number of rotatable bonds is 2. The van der Waals surface area contributed by atoms with Crippen molar-refractivity contribution in [2.24, 2.45) is 4.99 Å². The zero-order valence-corrected chi connectivity index (χ0v) is 22.6. The molecule has 2 heterocycles. The molecule has 0 saturated heterocycles. The van der Waals surface area contributed by atoms with Gasteiger partial charge < -0.3 is 9.84 Å². The number of fused-ring (bicyclic) bond motifs is 13. The van der Waals surface area contributed by atoms with Crippen molar-refractivity contribution in [2.75, 3.05) is 7.11 Å². The fraction of sp³-hybridized carbons (Fsp3) is 0.353. The second-order valence-corrected chi connectivity index (χ2v) is 12.5. The van der Waals surface area contributed by atoms with Gasteiger partial charge in [-0.15, -0.1) is 0 Å². The van der Waals surface area contributed by atoms with Gasteiger partial charge in [-0.3, -0.25) is 0 Å². The third-order valence-corrected chi connectivity index (χ3v) is 9.94. The summed E-state index contributed by atoms with van der Waals surface area (Å²) in [5.74, 6) is -0.864. The van der Waals surface area contributed by atoms with E-state index in [0.29, 0.717) is 5.92 Å². The van der Waals surface area contributed by atoms with Gasteiger partial charge in [0.25, 0.3) is 6.34 Å². The maximum atomic E-state index is 11.7. The number of hydrogen-bond acceptors (Lipinski definition) is 3. The first kappa shape index (κ1) is 22.6. The van der Waals surface area contributed by atoms with Crippen molar-refractivity contribution >= 4 is 33.6 Å². The molecule has 1 saturated carbocycles. The second-order valence-electron chi connectivity index (χ2n) is 12.5. The lowest BCUT2D eigenvalue weighted by atomic mass is 9.76. The van der Waals surface area contributed by atoms with E-state index in [-0.39, 0.29) is 29.3 Å². The zero-order chi connectivity index (χ0) is 26.1. The summed E-state index contributed by atoms with van der Waals surface area (Å²) in [6, 6.07) is 24.4. The molecule has 1 fully saturated rings. The number of aliphatic hydroxyl groups is 1. The highest BCUT2D eigenvalue weighted by Gasteiger charge is 2.75. The van der Waals surface area contributed by atoms with Crippen LogP contribution in [0, 0.1) is 0 Å². The summed E-state index contributed by atoms with van der Waals surface area (Å²) in [6.45, 7) is 9.22. The van der Waals surface area contributed by atoms with Gasteiger partial charge in [-0.05, 0) is 49.7 Å². The van der Waals surface area contributed by atoms with E-state index < -0.39 is 5.79 Å². The Bertz CT molecular complexity index is 1760. The number of ether oxygens (including phenoxy) is 1. The van der Waals surface area contributed by atoms with Crippen LogP contribution in [0.5, 0.6) is 0 Å². The van der Waals surface area contributed by atoms with Crippen LogP contribution in [0.2, 0.25) is 0 Å². The van der Waals surface area contributed by atoms with Gasteiger partial charge in [0.2, 0.25) is 5.79 Å². The van der Waals surface area contributed by atoms with E-state index in [1.807, 2.05) is 6.34 Å². The molecule has 0 spiro atoms. The fourth-order valence-corrected chi connectivity index (χ4v) is 8.21. The quantitative estimate of drug-likeness (QED) is 0.262. The monoisotopic (exact) mass is 501 g/mol. The van der Waals surface area contributed by atoms with E-state index in [1.54, 1.807) is 7.11 Å². The van der Waals surface area contributed by atoms with Gasteiger partial charge in [0.05, 0.1) is 11.8 Å². The second kappa shape index (κ2) is 7.19. The maximum Gasteiger partial charge on any atom is 0.281 e. The molecule has 1 N–H and O–H groups in total. The van der Waals surface area contributed by atoms with Crippen molar-refractivity contribution in [3.8, 4) is 0 Å². The zero-order valence-electron chi connectivity index (χ0n) is 22.6. The largest absolute Gasteiger partial charge is 0.362 e. The molecular formula is C34H33N2O2+. The lowest BCUT2D eigenvalue weighted by molar-refractivity contribution is -0.443. The minimum absolute atomic E-state index is 0.0804. The first-order valence-electron chi connectivity index (χ1n) is 13.8. The molecule has 2 aliphatic heterocycles. The number of aliphatic imine (C=N–C) groups is 1. The molecule has 4 aromatic carbocycles. The highest BCUT2D eigenvalue weighted by molar-refractivity contribution is 6.17. The van der Waals surface area contributed by atoms with Crippen LogP contribution in [-0.2, 0) is 10.2 Å². The van der Waals surface area contributed by atoms with Gasteiger partial charge in [0, 0.05) is 18.1 Å². The molecule has 8 rings (SSSR count). The third-order valence-electron chi connectivity index (χ3n) is 9.94. The molecule has 0 amide bonds. The summed E-state index contributed by atoms with van der Waals surface area (Å²) in [5, 5.41) is 16.9. The summed E-state index contributed by atoms with van der Waals surface area (Å²) >= 11 is 0. The Morgan fingerprint density at radius 2 is 1.63 bits per heavy atom. The average molecular weight is 502 g/mol. The summed E-state index contributed by atoms with van der Waals surface area (Å²) in [6.07, 6.45) is 2.01. The van der Waals surface area contributed by atoms with Gasteiger partial charge >= 0.3 is 0 Å². The van der Waals surface area contributed by atoms with Gasteiger partial charge in [-0.25, -0.2) is 4.58 Å². The molecule has 4 aliphatic rings. The summed E-state index contributed by atoms with van der Waals surface area (Å²) in [4.78, 5) is 5.24. The third kappa shape index (κ3) is 2.53. The van der Waals surface area contributed by atoms with Crippen molar-refractivity contribution in [2.45, 2.75) is 68.7 Å².